The van der Waals surface area contributed by atoms with Gasteiger partial charge >= 0.3 is 0 Å². The lowest BCUT2D eigenvalue weighted by molar-refractivity contribution is -0.126. The monoisotopic (exact) mass is 271 g/mol. The van der Waals surface area contributed by atoms with Crippen LogP contribution in [0.15, 0.2) is 24.4 Å². The van der Waals surface area contributed by atoms with Gasteiger partial charge in [-0.3, -0.25) is 9.59 Å². The molecule has 0 unspecified atom stereocenters. The van der Waals surface area contributed by atoms with Gasteiger partial charge in [0.2, 0.25) is 0 Å². The molecule has 20 heavy (non-hydrogen) atoms. The number of hydrogen-bond donors (Lipinski definition) is 2. The highest BCUT2D eigenvalue weighted by Crippen LogP contribution is 2.22. The number of nitrogens with zero attached hydrogens (tertiary/aromatic N) is 1. The Morgan fingerprint density at radius 3 is 2.70 bits per heavy atom. The Labute approximate surface area is 117 Å². The minimum Gasteiger partial charge on any atom is -0.360 e. The number of Topliss-reactive ketones (excluding diaryl/α,β-unsaturated/α-hetero) is 1. The number of aromatic nitrogens is 1. The van der Waals surface area contributed by atoms with Crippen molar-refractivity contribution in [3.05, 3.63) is 35.5 Å². The first-order valence-corrected chi connectivity index (χ1v) is 6.79. The zero-order valence-corrected chi connectivity index (χ0v) is 11.4. The Balaban J connectivity index is 1.92. The fraction of sp³-hybridized carbons (Fsp3) is 0.333. The van der Waals surface area contributed by atoms with Gasteiger partial charge in [0.25, 0.3) is 11.7 Å². The number of benzene rings is 1. The average Bonchev–Trinajstić information content (AvgIpc) is 2.92. The molecule has 104 valence electrons. The third-order valence-corrected chi connectivity index (χ3v) is 3.77. The molecule has 5 heteroatoms. The Morgan fingerprint density at radius 2 is 1.95 bits per heavy atom. The summed E-state index contributed by atoms with van der Waals surface area (Å²) in [5, 5.41) is 3.99. The van der Waals surface area contributed by atoms with Crippen molar-refractivity contribution in [2.45, 2.75) is 6.92 Å². The summed E-state index contributed by atoms with van der Waals surface area (Å²) in [5.41, 5.74) is 2.45. The molecule has 1 fully saturated rings. The second-order valence-electron chi connectivity index (χ2n) is 5.07. The number of rotatable bonds is 2. The van der Waals surface area contributed by atoms with E-state index in [2.05, 4.69) is 10.3 Å². The summed E-state index contributed by atoms with van der Waals surface area (Å²) in [6.45, 7) is 4.64. The minimum atomic E-state index is -0.427. The van der Waals surface area contributed by atoms with Gasteiger partial charge in [-0.15, -0.1) is 0 Å². The normalized spacial score (nSPS) is 15.6. The van der Waals surface area contributed by atoms with Crippen molar-refractivity contribution in [1.82, 2.24) is 15.2 Å². The number of H-pyrrole nitrogens is 1. The third kappa shape index (κ3) is 2.10. The van der Waals surface area contributed by atoms with Crippen LogP contribution in [-0.2, 0) is 4.79 Å². The number of piperazine rings is 1. The van der Waals surface area contributed by atoms with Gasteiger partial charge in [-0.2, -0.15) is 0 Å². The largest absolute Gasteiger partial charge is 0.360 e. The van der Waals surface area contributed by atoms with E-state index in [1.165, 1.54) is 0 Å². The maximum Gasteiger partial charge on any atom is 0.295 e. The number of nitrogens with one attached hydrogen (secondary N) is 2. The molecule has 1 aliphatic rings. The molecule has 1 aromatic carbocycles. The molecule has 5 nitrogen and oxygen atoms in total. The zero-order chi connectivity index (χ0) is 14.1. The van der Waals surface area contributed by atoms with Crippen molar-refractivity contribution in [1.29, 1.82) is 0 Å². The zero-order valence-electron chi connectivity index (χ0n) is 11.4. The first-order chi connectivity index (χ1) is 9.68. The number of aryl methyl sites for hydroxylation is 1. The number of hydrogen-bond acceptors (Lipinski definition) is 3. The summed E-state index contributed by atoms with van der Waals surface area (Å²) in [5.74, 6) is -0.836. The van der Waals surface area contributed by atoms with Gasteiger partial charge in [0.15, 0.2) is 0 Å². The Kier molecular flexibility index (Phi) is 3.28. The smallest absolute Gasteiger partial charge is 0.295 e. The first kappa shape index (κ1) is 12.9. The molecule has 2 N–H and O–H groups in total. The van der Waals surface area contributed by atoms with Gasteiger partial charge in [-0.25, -0.2) is 0 Å². The molecule has 0 saturated carbocycles. The van der Waals surface area contributed by atoms with Gasteiger partial charge < -0.3 is 15.2 Å². The van der Waals surface area contributed by atoms with E-state index in [9.17, 15) is 9.59 Å². The molecule has 2 aromatic rings. The summed E-state index contributed by atoms with van der Waals surface area (Å²) in [6.07, 6.45) is 1.64. The number of fused-ring (bicyclic) bond motifs is 1. The van der Waals surface area contributed by atoms with Crippen LogP contribution in [0.5, 0.6) is 0 Å². The van der Waals surface area contributed by atoms with Crippen LogP contribution in [0, 0.1) is 6.92 Å². The van der Waals surface area contributed by atoms with Crippen LogP contribution in [-0.4, -0.2) is 47.8 Å². The molecule has 1 aromatic heterocycles. The second-order valence-corrected chi connectivity index (χ2v) is 5.07. The summed E-state index contributed by atoms with van der Waals surface area (Å²) < 4.78 is 0. The standard InChI is InChI=1S/C15H17N3O2/c1-10-3-2-4-11-12(9-17-13(10)11)14(19)15(20)18-7-5-16-6-8-18/h2-4,9,16-17H,5-8H2,1H3. The Morgan fingerprint density at radius 1 is 1.20 bits per heavy atom. The molecule has 0 spiro atoms. The average molecular weight is 271 g/mol. The fourth-order valence-corrected chi connectivity index (χ4v) is 2.62. The van der Waals surface area contributed by atoms with Crippen LogP contribution in [0.2, 0.25) is 0 Å². The second kappa shape index (κ2) is 5.09. The summed E-state index contributed by atoms with van der Waals surface area (Å²) in [7, 11) is 0. The van der Waals surface area contributed by atoms with E-state index in [0.717, 1.165) is 29.6 Å². The number of amides is 1. The van der Waals surface area contributed by atoms with E-state index in [-0.39, 0.29) is 0 Å². The number of ketones is 1. The van der Waals surface area contributed by atoms with Crippen LogP contribution in [0.3, 0.4) is 0 Å². The van der Waals surface area contributed by atoms with E-state index in [1.807, 2.05) is 25.1 Å². The van der Waals surface area contributed by atoms with Gasteiger partial charge in [-0.1, -0.05) is 18.2 Å². The van der Waals surface area contributed by atoms with Crippen molar-refractivity contribution in [2.24, 2.45) is 0 Å². The third-order valence-electron chi connectivity index (χ3n) is 3.77. The molecule has 0 atom stereocenters. The Hall–Kier alpha value is -2.14. The van der Waals surface area contributed by atoms with Gasteiger partial charge in [-0.05, 0) is 12.5 Å². The van der Waals surface area contributed by atoms with E-state index in [4.69, 9.17) is 0 Å². The topological polar surface area (TPSA) is 65.2 Å². The van der Waals surface area contributed by atoms with Crippen molar-refractivity contribution >= 4 is 22.6 Å². The van der Waals surface area contributed by atoms with Gasteiger partial charge in [0.05, 0.1) is 5.56 Å². The predicted octanol–water partition coefficient (Wildman–Crippen LogP) is 1.09. The van der Waals surface area contributed by atoms with E-state index in [0.29, 0.717) is 18.7 Å². The molecule has 1 saturated heterocycles. The van der Waals surface area contributed by atoms with Gasteiger partial charge in [0, 0.05) is 43.3 Å². The number of carbonyl (C=O) groups excluding carboxylic acids is 2. The molecule has 1 amide bonds. The summed E-state index contributed by atoms with van der Waals surface area (Å²) >= 11 is 0. The quantitative estimate of drug-likeness (QED) is 0.635. The van der Waals surface area contributed by atoms with E-state index >= 15 is 0 Å². The van der Waals surface area contributed by atoms with Crippen LogP contribution < -0.4 is 5.32 Å². The van der Waals surface area contributed by atoms with Crippen molar-refractivity contribution in [3.8, 4) is 0 Å². The number of para-hydroxylation sites is 1. The Bertz CT molecular complexity index is 669. The minimum absolute atomic E-state index is 0.408. The van der Waals surface area contributed by atoms with Crippen LogP contribution in [0.4, 0.5) is 0 Å². The van der Waals surface area contributed by atoms with Crippen molar-refractivity contribution in [2.75, 3.05) is 26.2 Å². The highest BCUT2D eigenvalue weighted by molar-refractivity contribution is 6.44. The van der Waals surface area contributed by atoms with Gasteiger partial charge in [0.1, 0.15) is 0 Å². The first-order valence-electron chi connectivity index (χ1n) is 6.79. The highest BCUT2D eigenvalue weighted by Gasteiger charge is 2.26. The van der Waals surface area contributed by atoms with Crippen LogP contribution in [0.25, 0.3) is 10.9 Å². The lowest BCUT2D eigenvalue weighted by Crippen LogP contribution is -2.48. The summed E-state index contributed by atoms with van der Waals surface area (Å²) in [6, 6.07) is 5.75. The maximum absolute atomic E-state index is 12.4. The molecule has 1 aliphatic heterocycles. The molecule has 0 radical (unpaired) electrons. The number of aromatic amines is 1. The molecular weight excluding hydrogens is 254 g/mol. The summed E-state index contributed by atoms with van der Waals surface area (Å²) in [4.78, 5) is 29.4. The lowest BCUT2D eigenvalue weighted by Gasteiger charge is -2.26. The predicted molar refractivity (Wildman–Crippen MR) is 76.8 cm³/mol. The van der Waals surface area contributed by atoms with Crippen molar-refractivity contribution in [3.63, 3.8) is 0 Å². The fourth-order valence-electron chi connectivity index (χ4n) is 2.62. The van der Waals surface area contributed by atoms with E-state index in [1.54, 1.807) is 11.1 Å². The number of carbonyl (C=O) groups is 2. The molecule has 2 heterocycles. The van der Waals surface area contributed by atoms with Crippen LogP contribution in [0.1, 0.15) is 15.9 Å². The molecule has 3 rings (SSSR count). The van der Waals surface area contributed by atoms with Crippen molar-refractivity contribution < 1.29 is 9.59 Å². The lowest BCUT2D eigenvalue weighted by atomic mass is 10.1. The van der Waals surface area contributed by atoms with E-state index < -0.39 is 11.7 Å². The molecular formula is C15H17N3O2. The maximum atomic E-state index is 12.4. The molecule has 0 bridgehead atoms. The SMILES string of the molecule is Cc1cccc2c(C(=O)C(=O)N3CCNCC3)c[nH]c12. The van der Waals surface area contributed by atoms with Crippen LogP contribution >= 0.6 is 0 Å². The molecule has 0 aliphatic carbocycles. The highest BCUT2D eigenvalue weighted by atomic mass is 16.2.